The fraction of sp³-hybridized carbons (Fsp3) is 0.429. The molecular weight excluding hydrogens is 380 g/mol. The summed E-state index contributed by atoms with van der Waals surface area (Å²) in [5, 5.41) is 0. The summed E-state index contributed by atoms with van der Waals surface area (Å²) >= 11 is 7.51. The number of carbonyl (C=O) groups is 2. The molecule has 1 atom stereocenters. The van der Waals surface area contributed by atoms with Crippen LogP contribution in [0.1, 0.15) is 40.6 Å². The van der Waals surface area contributed by atoms with Gasteiger partial charge in [-0.1, -0.05) is 29.3 Å². The minimum atomic E-state index is -0.136. The lowest BCUT2D eigenvalue weighted by Gasteiger charge is -2.34. The molecule has 3 rings (SSSR count). The van der Waals surface area contributed by atoms with E-state index in [0.29, 0.717) is 31.7 Å². The van der Waals surface area contributed by atoms with E-state index in [4.69, 9.17) is 11.6 Å². The SMILES string of the molecule is CCN(Cc1ccc(Cl)s1)C(=O)C1CCCN(C(=O)c2ccc(C)cc2)C1. The van der Waals surface area contributed by atoms with Gasteiger partial charge in [-0.25, -0.2) is 0 Å². The minimum absolute atomic E-state index is 0.0144. The maximum Gasteiger partial charge on any atom is 0.253 e. The van der Waals surface area contributed by atoms with Gasteiger partial charge in [0.1, 0.15) is 0 Å². The van der Waals surface area contributed by atoms with Crippen molar-refractivity contribution in [1.82, 2.24) is 9.80 Å². The predicted octanol–water partition coefficient (Wildman–Crippen LogP) is 4.61. The molecular formula is C21H25ClN2O2S. The molecule has 27 heavy (non-hydrogen) atoms. The van der Waals surface area contributed by atoms with Gasteiger partial charge in [-0.05, 0) is 51.0 Å². The van der Waals surface area contributed by atoms with Crippen molar-refractivity contribution >= 4 is 34.8 Å². The molecule has 2 heterocycles. The molecule has 1 aromatic heterocycles. The smallest absolute Gasteiger partial charge is 0.253 e. The van der Waals surface area contributed by atoms with Crippen molar-refractivity contribution in [3.8, 4) is 0 Å². The molecule has 0 N–H and O–H groups in total. The normalized spacial score (nSPS) is 17.0. The van der Waals surface area contributed by atoms with Crippen LogP contribution < -0.4 is 0 Å². The lowest BCUT2D eigenvalue weighted by Crippen LogP contribution is -2.46. The second kappa shape index (κ2) is 8.89. The van der Waals surface area contributed by atoms with Crippen molar-refractivity contribution < 1.29 is 9.59 Å². The number of piperidine rings is 1. The van der Waals surface area contributed by atoms with E-state index in [2.05, 4.69) is 0 Å². The van der Waals surface area contributed by atoms with Crippen molar-refractivity contribution in [2.75, 3.05) is 19.6 Å². The number of hydrogen-bond donors (Lipinski definition) is 0. The van der Waals surface area contributed by atoms with Crippen molar-refractivity contribution in [3.05, 3.63) is 56.7 Å². The monoisotopic (exact) mass is 404 g/mol. The molecule has 1 unspecified atom stereocenters. The molecule has 6 heteroatoms. The Labute approximate surface area is 169 Å². The molecule has 0 bridgehead atoms. The molecule has 4 nitrogen and oxygen atoms in total. The summed E-state index contributed by atoms with van der Waals surface area (Å²) < 4.78 is 0.737. The van der Waals surface area contributed by atoms with Gasteiger partial charge in [0.15, 0.2) is 0 Å². The average Bonchev–Trinajstić information content (AvgIpc) is 3.10. The van der Waals surface area contributed by atoms with E-state index >= 15 is 0 Å². The number of amides is 2. The third-order valence-electron chi connectivity index (χ3n) is 5.03. The fourth-order valence-corrected chi connectivity index (χ4v) is 4.57. The molecule has 2 amide bonds. The number of carbonyl (C=O) groups excluding carboxylic acids is 2. The van der Waals surface area contributed by atoms with Crippen LogP contribution in [0.3, 0.4) is 0 Å². The largest absolute Gasteiger partial charge is 0.338 e. The Morgan fingerprint density at radius 2 is 1.96 bits per heavy atom. The zero-order valence-corrected chi connectivity index (χ0v) is 17.4. The molecule has 0 aliphatic carbocycles. The molecule has 0 radical (unpaired) electrons. The van der Waals surface area contributed by atoms with Gasteiger partial charge < -0.3 is 9.80 Å². The van der Waals surface area contributed by atoms with Gasteiger partial charge in [-0.3, -0.25) is 9.59 Å². The molecule has 1 aliphatic rings. The standard InChI is InChI=1S/C21H25ClN2O2S/c1-3-23(14-18-10-11-19(22)27-18)21(26)17-5-4-12-24(13-17)20(25)16-8-6-15(2)7-9-16/h6-11,17H,3-5,12-14H2,1-2H3. The highest BCUT2D eigenvalue weighted by atomic mass is 35.5. The zero-order chi connectivity index (χ0) is 19.4. The molecule has 2 aromatic rings. The van der Waals surface area contributed by atoms with Gasteiger partial charge >= 0.3 is 0 Å². The van der Waals surface area contributed by atoms with Crippen LogP contribution >= 0.6 is 22.9 Å². The van der Waals surface area contributed by atoms with E-state index in [1.54, 1.807) is 0 Å². The van der Waals surface area contributed by atoms with E-state index in [1.807, 2.05) is 60.0 Å². The molecule has 0 spiro atoms. The second-order valence-corrected chi connectivity index (χ2v) is 8.81. The predicted molar refractivity (Wildman–Crippen MR) is 110 cm³/mol. The average molecular weight is 405 g/mol. The number of thiophene rings is 1. The molecule has 1 aromatic carbocycles. The van der Waals surface area contributed by atoms with E-state index in [0.717, 1.165) is 27.6 Å². The molecule has 1 saturated heterocycles. The summed E-state index contributed by atoms with van der Waals surface area (Å²) in [6.45, 7) is 6.43. The molecule has 0 saturated carbocycles. The summed E-state index contributed by atoms with van der Waals surface area (Å²) in [7, 11) is 0. The van der Waals surface area contributed by atoms with Crippen LogP contribution in [0.4, 0.5) is 0 Å². The number of nitrogens with zero attached hydrogens (tertiary/aromatic N) is 2. The van der Waals surface area contributed by atoms with Gasteiger partial charge in [-0.2, -0.15) is 0 Å². The summed E-state index contributed by atoms with van der Waals surface area (Å²) in [4.78, 5) is 30.6. The van der Waals surface area contributed by atoms with Crippen LogP contribution in [-0.2, 0) is 11.3 Å². The first-order valence-corrected chi connectivity index (χ1v) is 10.6. The van der Waals surface area contributed by atoms with Gasteiger partial charge in [0.05, 0.1) is 16.8 Å². The third kappa shape index (κ3) is 4.90. The Morgan fingerprint density at radius 3 is 2.59 bits per heavy atom. The molecule has 1 fully saturated rings. The van der Waals surface area contributed by atoms with Gasteiger partial charge in [0, 0.05) is 30.1 Å². The Hall–Kier alpha value is -1.85. The van der Waals surface area contributed by atoms with Crippen LogP contribution in [0.5, 0.6) is 0 Å². The number of hydrogen-bond acceptors (Lipinski definition) is 3. The lowest BCUT2D eigenvalue weighted by atomic mass is 9.95. The van der Waals surface area contributed by atoms with E-state index in [1.165, 1.54) is 11.3 Å². The zero-order valence-electron chi connectivity index (χ0n) is 15.8. The number of likely N-dealkylation sites (tertiary alicyclic amines) is 1. The van der Waals surface area contributed by atoms with Crippen LogP contribution in [-0.4, -0.2) is 41.2 Å². The first-order valence-electron chi connectivity index (χ1n) is 9.37. The Morgan fingerprint density at radius 1 is 1.22 bits per heavy atom. The quantitative estimate of drug-likeness (QED) is 0.730. The Bertz CT molecular complexity index is 803. The van der Waals surface area contributed by atoms with Crippen LogP contribution in [0.25, 0.3) is 0 Å². The Balaban J connectivity index is 1.66. The number of rotatable bonds is 5. The van der Waals surface area contributed by atoms with Gasteiger partial charge in [0.25, 0.3) is 5.91 Å². The molecule has 144 valence electrons. The third-order valence-corrected chi connectivity index (χ3v) is 6.24. The number of halogens is 1. The van der Waals surface area contributed by atoms with Gasteiger partial charge in [-0.15, -0.1) is 11.3 Å². The Kier molecular flexibility index (Phi) is 6.55. The number of aryl methyl sites for hydroxylation is 1. The minimum Gasteiger partial charge on any atom is -0.338 e. The second-order valence-electron chi connectivity index (χ2n) is 7.01. The van der Waals surface area contributed by atoms with Crippen molar-refractivity contribution in [1.29, 1.82) is 0 Å². The van der Waals surface area contributed by atoms with Crippen molar-refractivity contribution in [2.45, 2.75) is 33.2 Å². The van der Waals surface area contributed by atoms with Crippen molar-refractivity contribution in [3.63, 3.8) is 0 Å². The summed E-state index contributed by atoms with van der Waals surface area (Å²) in [5.41, 5.74) is 1.82. The highest BCUT2D eigenvalue weighted by Gasteiger charge is 2.31. The van der Waals surface area contributed by atoms with Crippen LogP contribution in [0, 0.1) is 12.8 Å². The van der Waals surface area contributed by atoms with E-state index in [9.17, 15) is 9.59 Å². The maximum atomic E-state index is 13.0. The highest BCUT2D eigenvalue weighted by molar-refractivity contribution is 7.16. The van der Waals surface area contributed by atoms with Crippen molar-refractivity contribution in [2.24, 2.45) is 5.92 Å². The summed E-state index contributed by atoms with van der Waals surface area (Å²) in [6, 6.07) is 11.5. The first-order chi connectivity index (χ1) is 13.0. The van der Waals surface area contributed by atoms with Gasteiger partial charge in [0.2, 0.25) is 5.91 Å². The highest BCUT2D eigenvalue weighted by Crippen LogP contribution is 2.25. The molecule has 1 aliphatic heterocycles. The lowest BCUT2D eigenvalue weighted by molar-refractivity contribution is -0.137. The van der Waals surface area contributed by atoms with Crippen LogP contribution in [0.2, 0.25) is 4.34 Å². The summed E-state index contributed by atoms with van der Waals surface area (Å²) in [5.74, 6) is 0.00699. The number of benzene rings is 1. The van der Waals surface area contributed by atoms with E-state index in [-0.39, 0.29) is 17.7 Å². The topological polar surface area (TPSA) is 40.6 Å². The van der Waals surface area contributed by atoms with Crippen LogP contribution in [0.15, 0.2) is 36.4 Å². The fourth-order valence-electron chi connectivity index (χ4n) is 3.47. The first kappa shape index (κ1) is 19.9. The maximum absolute atomic E-state index is 13.0. The van der Waals surface area contributed by atoms with E-state index < -0.39 is 0 Å². The summed E-state index contributed by atoms with van der Waals surface area (Å²) in [6.07, 6.45) is 1.69.